The smallest absolute Gasteiger partial charge is 0.254 e. The Kier molecular flexibility index (Phi) is 8.90. The molecule has 0 spiro atoms. The molecular weight excluding hydrogens is 380 g/mol. The highest BCUT2D eigenvalue weighted by molar-refractivity contribution is 6.32. The fourth-order valence-corrected chi connectivity index (χ4v) is 3.48. The fourth-order valence-electron chi connectivity index (χ4n) is 3.22. The number of carbonyl (C=O) groups is 2. The Bertz CT molecular complexity index is 673. The van der Waals surface area contributed by atoms with Crippen LogP contribution in [-0.2, 0) is 4.79 Å². The third-order valence-electron chi connectivity index (χ3n) is 4.71. The maximum absolute atomic E-state index is 13.0. The van der Waals surface area contributed by atoms with Gasteiger partial charge in [0.2, 0.25) is 5.91 Å². The summed E-state index contributed by atoms with van der Waals surface area (Å²) >= 11 is 6.37. The van der Waals surface area contributed by atoms with E-state index < -0.39 is 0 Å². The summed E-state index contributed by atoms with van der Waals surface area (Å²) in [4.78, 5) is 26.9. The van der Waals surface area contributed by atoms with Crippen molar-refractivity contribution in [2.45, 2.75) is 46.5 Å². The lowest BCUT2D eigenvalue weighted by molar-refractivity contribution is -0.126. The lowest BCUT2D eigenvalue weighted by Crippen LogP contribution is -2.43. The highest BCUT2D eigenvalue weighted by Gasteiger charge is 2.28. The molecule has 1 aromatic rings. The standard InChI is InChI=1S/C21H31ClN2O4/c1-4-9-23-20(25)15-7-10-24(11-8-15)21(26)16-13-17(22)19(28-12-5-2)18(14-16)27-6-3/h13-15H,4-12H2,1-3H3,(H,23,25). The largest absolute Gasteiger partial charge is 0.490 e. The van der Waals surface area contributed by atoms with Gasteiger partial charge in [0, 0.05) is 31.1 Å². The Balaban J connectivity index is 2.07. The van der Waals surface area contributed by atoms with Crippen LogP contribution in [0.5, 0.6) is 11.5 Å². The maximum Gasteiger partial charge on any atom is 0.254 e. The first-order valence-electron chi connectivity index (χ1n) is 10.2. The summed E-state index contributed by atoms with van der Waals surface area (Å²) in [6.45, 7) is 8.70. The van der Waals surface area contributed by atoms with Crippen LogP contribution in [0, 0.1) is 5.92 Å². The molecule has 1 saturated heterocycles. The number of piperidine rings is 1. The molecule has 1 heterocycles. The van der Waals surface area contributed by atoms with Gasteiger partial charge in [-0.25, -0.2) is 0 Å². The molecule has 7 heteroatoms. The van der Waals surface area contributed by atoms with E-state index in [0.29, 0.717) is 67.8 Å². The molecule has 0 saturated carbocycles. The lowest BCUT2D eigenvalue weighted by Gasteiger charge is -2.31. The van der Waals surface area contributed by atoms with Gasteiger partial charge in [-0.05, 0) is 44.7 Å². The number of carbonyl (C=O) groups excluding carboxylic acids is 2. The van der Waals surface area contributed by atoms with Gasteiger partial charge in [0.25, 0.3) is 5.91 Å². The molecule has 0 atom stereocenters. The van der Waals surface area contributed by atoms with Crippen LogP contribution in [0.15, 0.2) is 12.1 Å². The van der Waals surface area contributed by atoms with Gasteiger partial charge in [0.15, 0.2) is 11.5 Å². The number of likely N-dealkylation sites (tertiary alicyclic amines) is 1. The van der Waals surface area contributed by atoms with Crippen molar-refractivity contribution in [1.82, 2.24) is 10.2 Å². The molecule has 0 bridgehead atoms. The van der Waals surface area contributed by atoms with Crippen LogP contribution in [-0.4, -0.2) is 49.6 Å². The molecule has 28 heavy (non-hydrogen) atoms. The quantitative estimate of drug-likeness (QED) is 0.670. The molecule has 1 aliphatic heterocycles. The maximum atomic E-state index is 13.0. The van der Waals surface area contributed by atoms with Crippen molar-refractivity contribution in [3.05, 3.63) is 22.7 Å². The van der Waals surface area contributed by atoms with E-state index in [0.717, 1.165) is 12.8 Å². The van der Waals surface area contributed by atoms with E-state index in [4.69, 9.17) is 21.1 Å². The number of nitrogens with one attached hydrogen (secondary N) is 1. The van der Waals surface area contributed by atoms with Gasteiger partial charge in [-0.15, -0.1) is 0 Å². The monoisotopic (exact) mass is 410 g/mol. The van der Waals surface area contributed by atoms with Crippen LogP contribution in [0.2, 0.25) is 5.02 Å². The van der Waals surface area contributed by atoms with Crippen molar-refractivity contribution in [1.29, 1.82) is 0 Å². The van der Waals surface area contributed by atoms with E-state index in [-0.39, 0.29) is 17.7 Å². The summed E-state index contributed by atoms with van der Waals surface area (Å²) in [5.41, 5.74) is 0.478. The van der Waals surface area contributed by atoms with Crippen LogP contribution in [0.25, 0.3) is 0 Å². The van der Waals surface area contributed by atoms with E-state index in [9.17, 15) is 9.59 Å². The minimum absolute atomic E-state index is 0.0250. The Morgan fingerprint density at radius 3 is 2.46 bits per heavy atom. The Morgan fingerprint density at radius 1 is 1.14 bits per heavy atom. The van der Waals surface area contributed by atoms with Crippen LogP contribution in [0.3, 0.4) is 0 Å². The first kappa shape index (κ1) is 22.3. The van der Waals surface area contributed by atoms with Crippen molar-refractivity contribution >= 4 is 23.4 Å². The highest BCUT2D eigenvalue weighted by atomic mass is 35.5. The molecule has 156 valence electrons. The summed E-state index contributed by atoms with van der Waals surface area (Å²) in [7, 11) is 0. The second-order valence-corrected chi connectivity index (χ2v) is 7.33. The molecular formula is C21H31ClN2O4. The summed E-state index contributed by atoms with van der Waals surface area (Å²) in [5, 5.41) is 3.31. The number of rotatable bonds is 9. The van der Waals surface area contributed by atoms with Crippen molar-refractivity contribution in [2.24, 2.45) is 5.92 Å². The van der Waals surface area contributed by atoms with Crippen molar-refractivity contribution in [3.63, 3.8) is 0 Å². The number of hydrogen-bond donors (Lipinski definition) is 1. The van der Waals surface area contributed by atoms with E-state index in [1.165, 1.54) is 0 Å². The third-order valence-corrected chi connectivity index (χ3v) is 4.99. The van der Waals surface area contributed by atoms with Crippen molar-refractivity contribution < 1.29 is 19.1 Å². The number of benzene rings is 1. The molecule has 2 amide bonds. The van der Waals surface area contributed by atoms with Crippen LogP contribution >= 0.6 is 11.6 Å². The fraction of sp³-hybridized carbons (Fsp3) is 0.619. The molecule has 0 aliphatic carbocycles. The van der Waals surface area contributed by atoms with E-state index in [1.54, 1.807) is 17.0 Å². The average molecular weight is 411 g/mol. The summed E-state index contributed by atoms with van der Waals surface area (Å²) < 4.78 is 11.3. The third kappa shape index (κ3) is 5.77. The van der Waals surface area contributed by atoms with Gasteiger partial charge in [-0.1, -0.05) is 25.4 Å². The average Bonchev–Trinajstić information content (AvgIpc) is 2.71. The highest BCUT2D eigenvalue weighted by Crippen LogP contribution is 2.37. The van der Waals surface area contributed by atoms with Crippen LogP contribution in [0.4, 0.5) is 0 Å². The van der Waals surface area contributed by atoms with Crippen molar-refractivity contribution in [2.75, 3.05) is 32.8 Å². The van der Waals surface area contributed by atoms with Gasteiger partial charge < -0.3 is 19.7 Å². The molecule has 1 aromatic carbocycles. The predicted octanol–water partition coefficient (Wildman–Crippen LogP) is 3.91. The Morgan fingerprint density at radius 2 is 1.86 bits per heavy atom. The van der Waals surface area contributed by atoms with Crippen LogP contribution < -0.4 is 14.8 Å². The van der Waals surface area contributed by atoms with Gasteiger partial charge in [0.05, 0.1) is 18.2 Å². The molecule has 0 unspecified atom stereocenters. The first-order chi connectivity index (χ1) is 13.5. The van der Waals surface area contributed by atoms with Gasteiger partial charge in [-0.3, -0.25) is 9.59 Å². The first-order valence-corrected chi connectivity index (χ1v) is 10.6. The van der Waals surface area contributed by atoms with E-state index >= 15 is 0 Å². The second-order valence-electron chi connectivity index (χ2n) is 6.92. The molecule has 6 nitrogen and oxygen atoms in total. The molecule has 0 aromatic heterocycles. The number of ether oxygens (including phenoxy) is 2. The second kappa shape index (κ2) is 11.1. The minimum Gasteiger partial charge on any atom is -0.490 e. The number of amides is 2. The zero-order valence-corrected chi connectivity index (χ0v) is 17.8. The van der Waals surface area contributed by atoms with Gasteiger partial charge >= 0.3 is 0 Å². The topological polar surface area (TPSA) is 67.9 Å². The summed E-state index contributed by atoms with van der Waals surface area (Å²) in [6, 6.07) is 3.33. The van der Waals surface area contributed by atoms with Gasteiger partial charge in [-0.2, -0.15) is 0 Å². The molecule has 0 radical (unpaired) electrons. The summed E-state index contributed by atoms with van der Waals surface area (Å²) in [5.74, 6) is 0.933. The lowest BCUT2D eigenvalue weighted by atomic mass is 9.95. The molecule has 1 aliphatic rings. The van der Waals surface area contributed by atoms with Crippen LogP contribution in [0.1, 0.15) is 56.8 Å². The van der Waals surface area contributed by atoms with Gasteiger partial charge in [0.1, 0.15) is 0 Å². The number of halogens is 1. The normalized spacial score (nSPS) is 14.6. The predicted molar refractivity (Wildman–Crippen MR) is 110 cm³/mol. The Labute approximate surface area is 172 Å². The summed E-state index contributed by atoms with van der Waals surface area (Å²) in [6.07, 6.45) is 3.11. The van der Waals surface area contributed by atoms with E-state index in [2.05, 4.69) is 5.32 Å². The zero-order chi connectivity index (χ0) is 20.5. The minimum atomic E-state index is -0.0997. The van der Waals surface area contributed by atoms with E-state index in [1.807, 2.05) is 20.8 Å². The molecule has 2 rings (SSSR count). The van der Waals surface area contributed by atoms with Crippen molar-refractivity contribution in [3.8, 4) is 11.5 Å². The molecule has 1 N–H and O–H groups in total. The number of hydrogen-bond acceptors (Lipinski definition) is 4. The SMILES string of the molecule is CCCNC(=O)C1CCN(C(=O)c2cc(Cl)c(OCCC)c(OCC)c2)CC1. The number of nitrogens with zero attached hydrogens (tertiary/aromatic N) is 1. The Hall–Kier alpha value is -1.95. The zero-order valence-electron chi connectivity index (χ0n) is 17.1. The molecule has 1 fully saturated rings.